The summed E-state index contributed by atoms with van der Waals surface area (Å²) in [6.07, 6.45) is 1.27. The average molecular weight is 259 g/mol. The first kappa shape index (κ1) is 12.9. The van der Waals surface area contributed by atoms with Crippen LogP contribution in [0.15, 0.2) is 42.6 Å². The summed E-state index contributed by atoms with van der Waals surface area (Å²) in [6.45, 7) is 0.344. The highest BCUT2D eigenvalue weighted by atomic mass is 16.5. The maximum absolute atomic E-state index is 10.7. The highest BCUT2D eigenvalue weighted by Crippen LogP contribution is 2.15. The Balaban J connectivity index is 1.99. The minimum absolute atomic E-state index is 0.133. The van der Waals surface area contributed by atoms with Gasteiger partial charge in [-0.3, -0.25) is 0 Å². The van der Waals surface area contributed by atoms with Gasteiger partial charge in [0.1, 0.15) is 12.4 Å². The third-order valence-corrected chi connectivity index (χ3v) is 2.50. The number of nitrogens with zero attached hydrogens (tertiary/aromatic N) is 1. The first-order valence-corrected chi connectivity index (χ1v) is 5.64. The van der Waals surface area contributed by atoms with E-state index < -0.39 is 5.97 Å². The Morgan fingerprint density at radius 3 is 2.79 bits per heavy atom. The lowest BCUT2D eigenvalue weighted by Crippen LogP contribution is -2.00. The van der Waals surface area contributed by atoms with Crippen molar-refractivity contribution in [2.24, 2.45) is 0 Å². The molecule has 0 amide bonds. The molecule has 0 saturated carbocycles. The van der Waals surface area contributed by atoms with E-state index in [1.165, 1.54) is 18.3 Å². The molecule has 0 aliphatic rings. The van der Waals surface area contributed by atoms with Gasteiger partial charge in [0.2, 0.25) is 5.88 Å². The largest absolute Gasteiger partial charge is 0.497 e. The van der Waals surface area contributed by atoms with Crippen molar-refractivity contribution >= 4 is 5.97 Å². The van der Waals surface area contributed by atoms with E-state index >= 15 is 0 Å². The topological polar surface area (TPSA) is 68.7 Å². The van der Waals surface area contributed by atoms with Crippen LogP contribution in [0.1, 0.15) is 15.9 Å². The van der Waals surface area contributed by atoms with Crippen LogP contribution >= 0.6 is 0 Å². The molecule has 2 aromatic rings. The molecule has 1 aromatic carbocycles. The number of methoxy groups -OCH3 is 1. The molecule has 0 radical (unpaired) electrons. The molecule has 0 aliphatic carbocycles. The van der Waals surface area contributed by atoms with Crippen molar-refractivity contribution in [3.8, 4) is 11.6 Å². The Morgan fingerprint density at radius 1 is 1.32 bits per heavy atom. The number of aromatic nitrogens is 1. The standard InChI is InChI=1S/C14H13NO4/c1-18-12-4-2-3-10(7-12)9-19-13-6-5-11(8-15-13)14(16)17/h2-8H,9H2,1H3,(H,16,17). The summed E-state index contributed by atoms with van der Waals surface area (Å²) in [6, 6.07) is 10.5. The zero-order chi connectivity index (χ0) is 13.7. The van der Waals surface area contributed by atoms with Gasteiger partial charge in [-0.25, -0.2) is 9.78 Å². The van der Waals surface area contributed by atoms with Crippen molar-refractivity contribution in [3.63, 3.8) is 0 Å². The summed E-state index contributed by atoms with van der Waals surface area (Å²) in [5.74, 6) is 0.134. The van der Waals surface area contributed by atoms with Gasteiger partial charge >= 0.3 is 5.97 Å². The summed E-state index contributed by atoms with van der Waals surface area (Å²) in [5, 5.41) is 8.75. The first-order valence-electron chi connectivity index (χ1n) is 5.64. The lowest BCUT2D eigenvalue weighted by Gasteiger charge is -2.06. The fourth-order valence-corrected chi connectivity index (χ4v) is 1.51. The zero-order valence-corrected chi connectivity index (χ0v) is 10.4. The molecule has 0 atom stereocenters. The van der Waals surface area contributed by atoms with Crippen LogP contribution in [0.2, 0.25) is 0 Å². The molecule has 1 heterocycles. The molecule has 0 aliphatic heterocycles. The lowest BCUT2D eigenvalue weighted by molar-refractivity contribution is 0.0696. The average Bonchev–Trinajstić information content (AvgIpc) is 2.46. The van der Waals surface area contributed by atoms with E-state index in [1.54, 1.807) is 7.11 Å². The Hall–Kier alpha value is -2.56. The molecule has 19 heavy (non-hydrogen) atoms. The van der Waals surface area contributed by atoms with Crippen molar-refractivity contribution in [2.75, 3.05) is 7.11 Å². The van der Waals surface area contributed by atoms with Gasteiger partial charge in [0.15, 0.2) is 0 Å². The van der Waals surface area contributed by atoms with Gasteiger partial charge in [0.05, 0.1) is 12.7 Å². The molecular weight excluding hydrogens is 246 g/mol. The van der Waals surface area contributed by atoms with Gasteiger partial charge in [-0.15, -0.1) is 0 Å². The summed E-state index contributed by atoms with van der Waals surface area (Å²) < 4.78 is 10.6. The van der Waals surface area contributed by atoms with Crippen LogP contribution in [0, 0.1) is 0 Å². The zero-order valence-electron chi connectivity index (χ0n) is 10.4. The predicted molar refractivity (Wildman–Crippen MR) is 68.5 cm³/mol. The number of carboxylic acid groups (broad SMARTS) is 1. The predicted octanol–water partition coefficient (Wildman–Crippen LogP) is 2.37. The molecule has 0 unspecified atom stereocenters. The van der Waals surface area contributed by atoms with Gasteiger partial charge in [-0.05, 0) is 23.8 Å². The maximum Gasteiger partial charge on any atom is 0.337 e. The van der Waals surface area contributed by atoms with Crippen molar-refractivity contribution in [1.82, 2.24) is 4.98 Å². The fraction of sp³-hybridized carbons (Fsp3) is 0.143. The van der Waals surface area contributed by atoms with Crippen LogP contribution in [0.3, 0.4) is 0 Å². The number of hydrogen-bond acceptors (Lipinski definition) is 4. The first-order chi connectivity index (χ1) is 9.19. The third kappa shape index (κ3) is 3.45. The quantitative estimate of drug-likeness (QED) is 0.892. The van der Waals surface area contributed by atoms with E-state index in [2.05, 4.69) is 4.98 Å². The number of rotatable bonds is 5. The maximum atomic E-state index is 10.7. The molecule has 5 nitrogen and oxygen atoms in total. The van der Waals surface area contributed by atoms with Crippen molar-refractivity contribution in [3.05, 3.63) is 53.7 Å². The van der Waals surface area contributed by atoms with E-state index in [0.717, 1.165) is 11.3 Å². The lowest BCUT2D eigenvalue weighted by atomic mass is 10.2. The Kier molecular flexibility index (Phi) is 3.97. The fourth-order valence-electron chi connectivity index (χ4n) is 1.51. The second-order valence-electron chi connectivity index (χ2n) is 3.83. The minimum atomic E-state index is -1.01. The number of ether oxygens (including phenoxy) is 2. The molecule has 2 rings (SSSR count). The molecule has 5 heteroatoms. The van der Waals surface area contributed by atoms with Crippen molar-refractivity contribution in [2.45, 2.75) is 6.61 Å². The van der Waals surface area contributed by atoms with E-state index in [9.17, 15) is 4.79 Å². The Morgan fingerprint density at radius 2 is 2.16 bits per heavy atom. The van der Waals surface area contributed by atoms with Gasteiger partial charge in [0, 0.05) is 12.3 Å². The highest BCUT2D eigenvalue weighted by molar-refractivity contribution is 5.87. The van der Waals surface area contributed by atoms with E-state index in [4.69, 9.17) is 14.6 Å². The molecule has 0 saturated heterocycles. The Bertz CT molecular complexity index is 566. The van der Waals surface area contributed by atoms with Gasteiger partial charge in [-0.2, -0.15) is 0 Å². The third-order valence-electron chi connectivity index (χ3n) is 2.50. The molecule has 0 fully saturated rings. The molecule has 0 bridgehead atoms. The normalized spacial score (nSPS) is 9.95. The minimum Gasteiger partial charge on any atom is -0.497 e. The SMILES string of the molecule is COc1cccc(COc2ccc(C(=O)O)cn2)c1. The number of carbonyl (C=O) groups is 1. The molecular formula is C14H13NO4. The number of aromatic carboxylic acids is 1. The van der Waals surface area contributed by atoms with Crippen molar-refractivity contribution in [1.29, 1.82) is 0 Å². The second-order valence-corrected chi connectivity index (χ2v) is 3.83. The monoisotopic (exact) mass is 259 g/mol. The van der Waals surface area contributed by atoms with Crippen molar-refractivity contribution < 1.29 is 19.4 Å². The molecule has 98 valence electrons. The van der Waals surface area contributed by atoms with E-state index in [0.29, 0.717) is 12.5 Å². The summed E-state index contributed by atoms with van der Waals surface area (Å²) in [7, 11) is 1.60. The highest BCUT2D eigenvalue weighted by Gasteiger charge is 2.04. The van der Waals surface area contributed by atoms with Gasteiger partial charge in [-0.1, -0.05) is 12.1 Å². The molecule has 1 N–H and O–H groups in total. The van der Waals surface area contributed by atoms with Gasteiger partial charge < -0.3 is 14.6 Å². The van der Waals surface area contributed by atoms with Gasteiger partial charge in [0.25, 0.3) is 0 Å². The molecule has 1 aromatic heterocycles. The summed E-state index contributed by atoms with van der Waals surface area (Å²) in [4.78, 5) is 14.6. The number of benzene rings is 1. The smallest absolute Gasteiger partial charge is 0.337 e. The number of pyridine rings is 1. The van der Waals surface area contributed by atoms with Crippen LogP contribution in [0.5, 0.6) is 11.6 Å². The van der Waals surface area contributed by atoms with Crippen LogP contribution in [-0.2, 0) is 6.61 Å². The number of hydrogen-bond donors (Lipinski definition) is 1. The van der Waals surface area contributed by atoms with Crippen LogP contribution < -0.4 is 9.47 Å². The van der Waals surface area contributed by atoms with Crippen LogP contribution in [0.25, 0.3) is 0 Å². The van der Waals surface area contributed by atoms with Crippen LogP contribution in [0.4, 0.5) is 0 Å². The van der Waals surface area contributed by atoms with E-state index in [-0.39, 0.29) is 5.56 Å². The molecule has 0 spiro atoms. The number of carboxylic acids is 1. The summed E-state index contributed by atoms with van der Waals surface area (Å²) in [5.41, 5.74) is 1.08. The van der Waals surface area contributed by atoms with E-state index in [1.807, 2.05) is 24.3 Å². The van der Waals surface area contributed by atoms with Crippen LogP contribution in [-0.4, -0.2) is 23.2 Å². The summed E-state index contributed by atoms with van der Waals surface area (Å²) >= 11 is 0. The second kappa shape index (κ2) is 5.86. The Labute approximate surface area is 110 Å².